The molecule has 2 aliphatic carbocycles. The molecule has 1 aromatic rings. The van der Waals surface area contributed by atoms with Crippen LogP contribution in [0.15, 0.2) is 24.3 Å². The maximum absolute atomic E-state index is 5.86. The van der Waals surface area contributed by atoms with Crippen molar-refractivity contribution in [2.75, 3.05) is 6.54 Å². The quantitative estimate of drug-likeness (QED) is 0.864. The second-order valence-electron chi connectivity index (χ2n) is 5.42. The molecule has 2 heteroatoms. The molecule has 0 spiro atoms. The minimum absolute atomic E-state index is 0.485. The van der Waals surface area contributed by atoms with Crippen LogP contribution < -0.4 is 10.5 Å². The third-order valence-electron chi connectivity index (χ3n) is 4.08. The van der Waals surface area contributed by atoms with E-state index in [0.717, 1.165) is 12.3 Å². The fourth-order valence-corrected chi connectivity index (χ4v) is 2.95. The first kappa shape index (κ1) is 11.1. The van der Waals surface area contributed by atoms with Gasteiger partial charge in [0.15, 0.2) is 0 Å². The molecule has 0 radical (unpaired) electrons. The highest BCUT2D eigenvalue weighted by Gasteiger charge is 2.28. The second-order valence-corrected chi connectivity index (χ2v) is 5.42. The molecule has 3 rings (SSSR count). The Balaban J connectivity index is 1.76. The van der Waals surface area contributed by atoms with E-state index in [4.69, 9.17) is 10.5 Å². The van der Waals surface area contributed by atoms with Gasteiger partial charge in [-0.2, -0.15) is 0 Å². The van der Waals surface area contributed by atoms with Crippen molar-refractivity contribution < 1.29 is 4.74 Å². The van der Waals surface area contributed by atoms with Crippen LogP contribution in [0, 0.1) is 5.92 Å². The Labute approximate surface area is 103 Å². The average Bonchev–Trinajstić information content (AvgIpc) is 3.04. The standard InChI is InChI=1S/C15H21NO/c16-10-12-4-2-6-15(12)11-3-1-5-14(9-11)17-13-7-8-13/h1,3,5,9,12-13,15H,2,4,6-8,10,16H2. The third kappa shape index (κ3) is 2.47. The zero-order valence-corrected chi connectivity index (χ0v) is 10.3. The van der Waals surface area contributed by atoms with Crippen LogP contribution in [0.2, 0.25) is 0 Å². The molecule has 0 amide bonds. The molecule has 2 nitrogen and oxygen atoms in total. The van der Waals surface area contributed by atoms with E-state index in [9.17, 15) is 0 Å². The summed E-state index contributed by atoms with van der Waals surface area (Å²) in [6.07, 6.45) is 6.82. The van der Waals surface area contributed by atoms with E-state index < -0.39 is 0 Å². The summed E-state index contributed by atoms with van der Waals surface area (Å²) in [7, 11) is 0. The molecule has 0 bridgehead atoms. The summed E-state index contributed by atoms with van der Waals surface area (Å²) in [6, 6.07) is 8.67. The van der Waals surface area contributed by atoms with Crippen LogP contribution >= 0.6 is 0 Å². The minimum Gasteiger partial charge on any atom is -0.490 e. The molecule has 2 fully saturated rings. The van der Waals surface area contributed by atoms with Gasteiger partial charge in [-0.25, -0.2) is 0 Å². The van der Waals surface area contributed by atoms with Crippen molar-refractivity contribution in [3.63, 3.8) is 0 Å². The topological polar surface area (TPSA) is 35.2 Å². The average molecular weight is 231 g/mol. The van der Waals surface area contributed by atoms with Crippen molar-refractivity contribution in [2.24, 2.45) is 11.7 Å². The Hall–Kier alpha value is -1.02. The first-order chi connectivity index (χ1) is 8.36. The summed E-state index contributed by atoms with van der Waals surface area (Å²) < 4.78 is 5.86. The lowest BCUT2D eigenvalue weighted by Crippen LogP contribution is -2.17. The maximum atomic E-state index is 5.86. The molecule has 2 saturated carbocycles. The van der Waals surface area contributed by atoms with Crippen molar-refractivity contribution in [3.05, 3.63) is 29.8 Å². The SMILES string of the molecule is NCC1CCCC1c1cccc(OC2CC2)c1. The predicted octanol–water partition coefficient (Wildman–Crippen LogP) is 3.07. The summed E-state index contributed by atoms with van der Waals surface area (Å²) in [4.78, 5) is 0. The summed E-state index contributed by atoms with van der Waals surface area (Å²) in [5, 5.41) is 0. The first-order valence-electron chi connectivity index (χ1n) is 6.83. The number of benzene rings is 1. The Morgan fingerprint density at radius 3 is 2.82 bits per heavy atom. The molecule has 0 aliphatic heterocycles. The van der Waals surface area contributed by atoms with Gasteiger partial charge in [0.25, 0.3) is 0 Å². The molecule has 1 aromatic carbocycles. The van der Waals surface area contributed by atoms with Gasteiger partial charge in [0, 0.05) is 0 Å². The summed E-state index contributed by atoms with van der Waals surface area (Å²) in [6.45, 7) is 0.818. The van der Waals surface area contributed by atoms with Gasteiger partial charge in [-0.05, 0) is 61.8 Å². The van der Waals surface area contributed by atoms with Crippen LogP contribution in [-0.2, 0) is 0 Å². The van der Waals surface area contributed by atoms with Gasteiger partial charge < -0.3 is 10.5 Å². The number of ether oxygens (including phenoxy) is 1. The molecule has 2 aliphatic rings. The zero-order valence-electron chi connectivity index (χ0n) is 10.3. The second kappa shape index (κ2) is 4.69. The molecule has 2 N–H and O–H groups in total. The van der Waals surface area contributed by atoms with Gasteiger partial charge in [0.05, 0.1) is 6.10 Å². The molecule has 2 atom stereocenters. The van der Waals surface area contributed by atoms with Crippen LogP contribution in [0.4, 0.5) is 0 Å². The highest BCUT2D eigenvalue weighted by molar-refractivity contribution is 5.32. The summed E-state index contributed by atoms with van der Waals surface area (Å²) in [5.41, 5.74) is 7.29. The molecule has 2 unspecified atom stereocenters. The summed E-state index contributed by atoms with van der Waals surface area (Å²) in [5.74, 6) is 2.38. The fraction of sp³-hybridized carbons (Fsp3) is 0.600. The van der Waals surface area contributed by atoms with E-state index in [-0.39, 0.29) is 0 Å². The van der Waals surface area contributed by atoms with Crippen LogP contribution in [0.3, 0.4) is 0 Å². The number of hydrogen-bond acceptors (Lipinski definition) is 2. The number of rotatable bonds is 4. The normalized spacial score (nSPS) is 28.3. The molecule has 92 valence electrons. The monoisotopic (exact) mass is 231 g/mol. The van der Waals surface area contributed by atoms with Gasteiger partial charge >= 0.3 is 0 Å². The van der Waals surface area contributed by atoms with Crippen molar-refractivity contribution in [2.45, 2.75) is 44.1 Å². The molecule has 17 heavy (non-hydrogen) atoms. The molecule has 0 saturated heterocycles. The number of hydrogen-bond donors (Lipinski definition) is 1. The van der Waals surface area contributed by atoms with E-state index >= 15 is 0 Å². The fourth-order valence-electron chi connectivity index (χ4n) is 2.95. The van der Waals surface area contributed by atoms with Crippen LogP contribution in [-0.4, -0.2) is 12.6 Å². The van der Waals surface area contributed by atoms with Crippen molar-refractivity contribution >= 4 is 0 Å². The minimum atomic E-state index is 0.485. The molecular formula is C15H21NO. The van der Waals surface area contributed by atoms with E-state index in [0.29, 0.717) is 17.9 Å². The lowest BCUT2D eigenvalue weighted by Gasteiger charge is -2.19. The molecule has 0 aromatic heterocycles. The van der Waals surface area contributed by atoms with Gasteiger partial charge in [0.2, 0.25) is 0 Å². The Kier molecular flexibility index (Phi) is 3.06. The zero-order chi connectivity index (χ0) is 11.7. The summed E-state index contributed by atoms with van der Waals surface area (Å²) >= 11 is 0. The van der Waals surface area contributed by atoms with Crippen molar-refractivity contribution in [1.82, 2.24) is 0 Å². The van der Waals surface area contributed by atoms with Gasteiger partial charge in [-0.1, -0.05) is 18.6 Å². The lowest BCUT2D eigenvalue weighted by atomic mass is 9.89. The van der Waals surface area contributed by atoms with Crippen molar-refractivity contribution in [1.29, 1.82) is 0 Å². The van der Waals surface area contributed by atoms with Gasteiger partial charge in [0.1, 0.15) is 5.75 Å². The maximum Gasteiger partial charge on any atom is 0.120 e. The van der Waals surface area contributed by atoms with E-state index in [1.807, 2.05) is 0 Å². The van der Waals surface area contributed by atoms with Crippen LogP contribution in [0.1, 0.15) is 43.6 Å². The van der Waals surface area contributed by atoms with E-state index in [1.54, 1.807) is 0 Å². The smallest absolute Gasteiger partial charge is 0.120 e. The predicted molar refractivity (Wildman–Crippen MR) is 69.2 cm³/mol. The number of nitrogens with two attached hydrogens (primary N) is 1. The Morgan fingerprint density at radius 1 is 1.18 bits per heavy atom. The molecule has 0 heterocycles. The Bertz CT molecular complexity index is 386. The van der Waals surface area contributed by atoms with Crippen molar-refractivity contribution in [3.8, 4) is 5.75 Å². The third-order valence-corrected chi connectivity index (χ3v) is 4.08. The van der Waals surface area contributed by atoms with E-state index in [2.05, 4.69) is 24.3 Å². The highest BCUT2D eigenvalue weighted by atomic mass is 16.5. The van der Waals surface area contributed by atoms with Crippen LogP contribution in [0.5, 0.6) is 5.75 Å². The first-order valence-corrected chi connectivity index (χ1v) is 6.83. The highest BCUT2D eigenvalue weighted by Crippen LogP contribution is 2.40. The van der Waals surface area contributed by atoms with Crippen LogP contribution in [0.25, 0.3) is 0 Å². The largest absolute Gasteiger partial charge is 0.490 e. The lowest BCUT2D eigenvalue weighted by molar-refractivity contribution is 0.302. The van der Waals surface area contributed by atoms with E-state index in [1.165, 1.54) is 37.7 Å². The van der Waals surface area contributed by atoms with Gasteiger partial charge in [-0.15, -0.1) is 0 Å². The van der Waals surface area contributed by atoms with Gasteiger partial charge in [-0.3, -0.25) is 0 Å². The molecular weight excluding hydrogens is 210 g/mol. The Morgan fingerprint density at radius 2 is 2.06 bits per heavy atom.